The molecule has 1 heterocycles. The lowest BCUT2D eigenvalue weighted by Gasteiger charge is -2.25. The predicted octanol–water partition coefficient (Wildman–Crippen LogP) is 3.59. The summed E-state index contributed by atoms with van der Waals surface area (Å²) in [5, 5.41) is 2.59. The number of nitrogens with one attached hydrogen (secondary N) is 1. The molecule has 5 nitrogen and oxygen atoms in total. The summed E-state index contributed by atoms with van der Waals surface area (Å²) in [7, 11) is 1.52. The smallest absolute Gasteiger partial charge is 0.265 e. The highest BCUT2D eigenvalue weighted by molar-refractivity contribution is 9.10. The van der Waals surface area contributed by atoms with E-state index < -0.39 is 11.8 Å². The normalized spacial score (nSPS) is 15.9. The molecule has 1 N–H and O–H groups in total. The molecule has 27 heavy (non-hydrogen) atoms. The molecule has 0 spiro atoms. The van der Waals surface area contributed by atoms with Gasteiger partial charge in [-0.15, -0.1) is 0 Å². The van der Waals surface area contributed by atoms with E-state index in [1.807, 2.05) is 37.3 Å². The summed E-state index contributed by atoms with van der Waals surface area (Å²) in [6.45, 7) is 2.40. The average molecular weight is 445 g/mol. The second-order valence-corrected chi connectivity index (χ2v) is 7.44. The van der Waals surface area contributed by atoms with Gasteiger partial charge >= 0.3 is 0 Å². The first-order valence-electron chi connectivity index (χ1n) is 8.18. The van der Waals surface area contributed by atoms with Gasteiger partial charge in [0.25, 0.3) is 11.8 Å². The summed E-state index contributed by atoms with van der Waals surface area (Å²) in [6.07, 6.45) is 1.52. The van der Waals surface area contributed by atoms with Crippen LogP contribution in [-0.4, -0.2) is 28.9 Å². The van der Waals surface area contributed by atoms with Gasteiger partial charge in [-0.05, 0) is 49.0 Å². The molecule has 1 saturated heterocycles. The number of rotatable bonds is 4. The lowest BCUT2D eigenvalue weighted by Crippen LogP contribution is -2.52. The molecular formula is C20H17BrN2O3S. The van der Waals surface area contributed by atoms with Crippen LogP contribution in [0.15, 0.2) is 52.5 Å². The number of hydrogen-bond acceptors (Lipinski definition) is 4. The van der Waals surface area contributed by atoms with E-state index in [1.54, 1.807) is 12.1 Å². The van der Waals surface area contributed by atoms with Crippen molar-refractivity contribution in [3.63, 3.8) is 0 Å². The molecule has 0 aliphatic carbocycles. The van der Waals surface area contributed by atoms with Crippen molar-refractivity contribution in [3.8, 4) is 5.75 Å². The number of nitrogens with zero attached hydrogens (tertiary/aromatic N) is 1. The molecule has 1 aliphatic heterocycles. The Labute approximate surface area is 171 Å². The summed E-state index contributed by atoms with van der Waals surface area (Å²) in [5.74, 6) is -0.400. The fourth-order valence-corrected chi connectivity index (χ4v) is 3.06. The Kier molecular flexibility index (Phi) is 5.72. The highest BCUT2D eigenvalue weighted by atomic mass is 79.9. The molecule has 0 unspecified atom stereocenters. The summed E-state index contributed by atoms with van der Waals surface area (Å²) >= 11 is 8.38. The third kappa shape index (κ3) is 4.43. The van der Waals surface area contributed by atoms with Crippen LogP contribution in [0.3, 0.4) is 0 Å². The van der Waals surface area contributed by atoms with Crippen LogP contribution in [-0.2, 0) is 16.2 Å². The number of benzene rings is 2. The van der Waals surface area contributed by atoms with Gasteiger partial charge in [-0.2, -0.15) is 0 Å². The molecule has 2 aromatic rings. The van der Waals surface area contributed by atoms with Crippen molar-refractivity contribution in [2.45, 2.75) is 13.5 Å². The van der Waals surface area contributed by atoms with Crippen molar-refractivity contribution in [2.75, 3.05) is 7.05 Å². The van der Waals surface area contributed by atoms with Crippen LogP contribution in [0.4, 0.5) is 0 Å². The predicted molar refractivity (Wildman–Crippen MR) is 111 cm³/mol. The van der Waals surface area contributed by atoms with Crippen LogP contribution in [0.5, 0.6) is 5.75 Å². The van der Waals surface area contributed by atoms with E-state index >= 15 is 0 Å². The fraction of sp³-hybridized carbons (Fsp3) is 0.150. The number of likely N-dealkylation sites (N-methyl/N-ethyl adjacent to an activating group) is 1. The number of halogens is 1. The fourth-order valence-electron chi connectivity index (χ4n) is 2.51. The lowest BCUT2D eigenvalue weighted by atomic mass is 10.1. The number of aryl methyl sites for hydroxylation is 1. The summed E-state index contributed by atoms with van der Waals surface area (Å²) in [4.78, 5) is 25.8. The molecule has 0 bridgehead atoms. The quantitative estimate of drug-likeness (QED) is 0.444. The maximum atomic E-state index is 12.4. The highest BCUT2D eigenvalue weighted by Gasteiger charge is 2.31. The number of carbonyl (C=O) groups excluding carboxylic acids is 2. The van der Waals surface area contributed by atoms with Gasteiger partial charge in [-0.1, -0.05) is 45.8 Å². The Hall–Kier alpha value is -2.51. The molecule has 0 atom stereocenters. The van der Waals surface area contributed by atoms with Gasteiger partial charge in [0.15, 0.2) is 5.11 Å². The third-order valence-corrected chi connectivity index (χ3v) is 4.96. The number of carbonyl (C=O) groups is 2. The molecule has 0 saturated carbocycles. The van der Waals surface area contributed by atoms with E-state index in [2.05, 4.69) is 21.2 Å². The van der Waals surface area contributed by atoms with Gasteiger partial charge in [0.2, 0.25) is 0 Å². The molecule has 1 fully saturated rings. The Morgan fingerprint density at radius 2 is 1.89 bits per heavy atom. The molecule has 1 aliphatic rings. The Morgan fingerprint density at radius 1 is 1.19 bits per heavy atom. The van der Waals surface area contributed by atoms with Crippen molar-refractivity contribution in [3.05, 3.63) is 69.2 Å². The maximum Gasteiger partial charge on any atom is 0.265 e. The van der Waals surface area contributed by atoms with Crippen molar-refractivity contribution in [1.82, 2.24) is 10.2 Å². The SMILES string of the molecule is Cc1ccc(COc2ccc(Br)cc2/C=C2\C(=O)NC(=S)N(C)C2=O)cc1. The number of hydrogen-bond donors (Lipinski definition) is 1. The monoisotopic (exact) mass is 444 g/mol. The van der Waals surface area contributed by atoms with E-state index in [1.165, 1.54) is 23.6 Å². The second-order valence-electron chi connectivity index (χ2n) is 6.14. The van der Waals surface area contributed by atoms with E-state index in [-0.39, 0.29) is 10.7 Å². The first kappa shape index (κ1) is 19.3. The van der Waals surface area contributed by atoms with Crippen LogP contribution < -0.4 is 10.1 Å². The van der Waals surface area contributed by atoms with Crippen LogP contribution in [0.25, 0.3) is 6.08 Å². The van der Waals surface area contributed by atoms with Crippen molar-refractivity contribution in [1.29, 1.82) is 0 Å². The molecular weight excluding hydrogens is 428 g/mol. The zero-order valence-corrected chi connectivity index (χ0v) is 17.2. The highest BCUT2D eigenvalue weighted by Crippen LogP contribution is 2.27. The lowest BCUT2D eigenvalue weighted by molar-refractivity contribution is -0.128. The largest absolute Gasteiger partial charge is 0.488 e. The van der Waals surface area contributed by atoms with Gasteiger partial charge in [0, 0.05) is 17.1 Å². The average Bonchev–Trinajstić information content (AvgIpc) is 2.64. The van der Waals surface area contributed by atoms with Crippen molar-refractivity contribution in [2.24, 2.45) is 0 Å². The van der Waals surface area contributed by atoms with Gasteiger partial charge in [0.1, 0.15) is 17.9 Å². The van der Waals surface area contributed by atoms with E-state index in [9.17, 15) is 9.59 Å². The molecule has 138 valence electrons. The Balaban J connectivity index is 1.89. The van der Waals surface area contributed by atoms with E-state index in [4.69, 9.17) is 17.0 Å². The van der Waals surface area contributed by atoms with Crippen LogP contribution in [0.1, 0.15) is 16.7 Å². The number of thiocarbonyl (C=S) groups is 1. The minimum Gasteiger partial charge on any atom is -0.488 e. The minimum atomic E-state index is -0.521. The first-order chi connectivity index (χ1) is 12.8. The zero-order chi connectivity index (χ0) is 19.6. The number of ether oxygens (including phenoxy) is 1. The molecule has 2 amide bonds. The number of amides is 2. The topological polar surface area (TPSA) is 58.6 Å². The Bertz CT molecular complexity index is 954. The molecule has 0 radical (unpaired) electrons. The summed E-state index contributed by atoms with van der Waals surface area (Å²) in [6, 6.07) is 13.5. The summed E-state index contributed by atoms with van der Waals surface area (Å²) < 4.78 is 6.74. The van der Waals surface area contributed by atoms with Crippen molar-refractivity contribution < 1.29 is 14.3 Å². The Morgan fingerprint density at radius 3 is 2.59 bits per heavy atom. The first-order valence-corrected chi connectivity index (χ1v) is 9.38. The molecule has 7 heteroatoms. The zero-order valence-electron chi connectivity index (χ0n) is 14.8. The van der Waals surface area contributed by atoms with Crippen LogP contribution in [0.2, 0.25) is 0 Å². The van der Waals surface area contributed by atoms with Gasteiger partial charge in [-0.3, -0.25) is 19.8 Å². The minimum absolute atomic E-state index is 0.00406. The second kappa shape index (κ2) is 8.02. The summed E-state index contributed by atoms with van der Waals surface area (Å²) in [5.41, 5.74) is 2.83. The standard InChI is InChI=1S/C20H17BrN2O3S/c1-12-3-5-13(6-4-12)11-26-17-8-7-15(21)9-14(17)10-16-18(24)22-20(27)23(2)19(16)25/h3-10H,11H2,1-2H3,(H,22,24,27)/b16-10+. The van der Waals surface area contributed by atoms with E-state index in [0.717, 1.165) is 10.0 Å². The van der Waals surface area contributed by atoms with Crippen molar-refractivity contribution >= 4 is 51.2 Å². The van der Waals surface area contributed by atoms with Gasteiger partial charge in [-0.25, -0.2) is 0 Å². The maximum absolute atomic E-state index is 12.4. The van der Waals surface area contributed by atoms with E-state index in [0.29, 0.717) is 17.9 Å². The molecule has 0 aromatic heterocycles. The molecule has 3 rings (SSSR count). The van der Waals surface area contributed by atoms with Crippen LogP contribution in [0, 0.1) is 6.92 Å². The van der Waals surface area contributed by atoms with Gasteiger partial charge < -0.3 is 4.74 Å². The molecule has 2 aromatic carbocycles. The van der Waals surface area contributed by atoms with Gasteiger partial charge in [0.05, 0.1) is 0 Å². The third-order valence-electron chi connectivity index (χ3n) is 4.09. The van der Waals surface area contributed by atoms with Crippen LogP contribution >= 0.6 is 28.1 Å².